The summed E-state index contributed by atoms with van der Waals surface area (Å²) in [5.74, 6) is 0.0119. The first kappa shape index (κ1) is 22.5. The third kappa shape index (κ3) is 5.50. The van der Waals surface area contributed by atoms with Crippen LogP contribution < -0.4 is 20.6 Å². The lowest BCUT2D eigenvalue weighted by atomic mass is 10.2. The number of hydrazone groups is 1. The average Bonchev–Trinajstić information content (AvgIpc) is 3.14. The molecule has 0 aliphatic rings. The molecule has 10 heteroatoms. The average molecular weight is 463 g/mol. The predicted molar refractivity (Wildman–Crippen MR) is 120 cm³/mol. The number of nitrogens with one attached hydrogen (secondary N) is 1. The van der Waals surface area contributed by atoms with Gasteiger partial charge in [0.15, 0.2) is 16.6 Å². The Kier molecular flexibility index (Phi) is 7.43. The third-order valence-electron chi connectivity index (χ3n) is 4.26. The van der Waals surface area contributed by atoms with E-state index in [0.717, 1.165) is 11.3 Å². The molecule has 0 bridgehead atoms. The van der Waals surface area contributed by atoms with Gasteiger partial charge >= 0.3 is 0 Å². The van der Waals surface area contributed by atoms with E-state index in [-0.39, 0.29) is 23.1 Å². The molecule has 0 saturated carbocycles. The fraction of sp³-hybridized carbons (Fsp3) is 0.190. The first-order valence-electron chi connectivity index (χ1n) is 9.25. The highest BCUT2D eigenvalue weighted by Crippen LogP contribution is 2.30. The van der Waals surface area contributed by atoms with Crippen molar-refractivity contribution < 1.29 is 18.7 Å². The van der Waals surface area contributed by atoms with Gasteiger partial charge in [0.25, 0.3) is 5.91 Å². The molecular weight excluding hydrogens is 443 g/mol. The Morgan fingerprint density at radius 3 is 2.87 bits per heavy atom. The molecular formula is C21H20ClFN4O3S. The van der Waals surface area contributed by atoms with E-state index >= 15 is 0 Å². The van der Waals surface area contributed by atoms with Crippen molar-refractivity contribution in [1.82, 2.24) is 10.4 Å². The highest BCUT2D eigenvalue weighted by atomic mass is 35.5. The van der Waals surface area contributed by atoms with E-state index in [2.05, 4.69) is 15.5 Å². The topological polar surface area (TPSA) is 98.8 Å². The SMILES string of the molecule is CCc1nc(N)sc1C(=O)NN=Cc1ccc(OCc2c(F)cccc2Cl)c(OC)c1. The molecule has 3 aromatic rings. The van der Waals surface area contributed by atoms with Crippen LogP contribution in [0.5, 0.6) is 11.5 Å². The summed E-state index contributed by atoms with van der Waals surface area (Å²) in [5.41, 5.74) is 9.69. The van der Waals surface area contributed by atoms with Gasteiger partial charge in [0.2, 0.25) is 0 Å². The summed E-state index contributed by atoms with van der Waals surface area (Å²) < 4.78 is 24.9. The molecule has 1 heterocycles. The van der Waals surface area contributed by atoms with E-state index in [4.69, 9.17) is 26.8 Å². The number of amides is 1. The molecule has 0 radical (unpaired) electrons. The van der Waals surface area contributed by atoms with Crippen molar-refractivity contribution in [2.24, 2.45) is 5.10 Å². The second-order valence-electron chi connectivity index (χ2n) is 6.28. The van der Waals surface area contributed by atoms with E-state index in [1.54, 1.807) is 24.3 Å². The summed E-state index contributed by atoms with van der Waals surface area (Å²) >= 11 is 7.14. The number of ether oxygens (including phenoxy) is 2. The van der Waals surface area contributed by atoms with Crippen molar-refractivity contribution in [3.05, 3.63) is 68.9 Å². The Morgan fingerprint density at radius 2 is 2.16 bits per heavy atom. The van der Waals surface area contributed by atoms with Crippen molar-refractivity contribution in [3.8, 4) is 11.5 Å². The quantitative estimate of drug-likeness (QED) is 0.381. The Labute approximate surface area is 187 Å². The lowest BCUT2D eigenvalue weighted by Crippen LogP contribution is -2.17. The van der Waals surface area contributed by atoms with E-state index in [1.165, 1.54) is 25.5 Å². The number of methoxy groups -OCH3 is 1. The minimum Gasteiger partial charge on any atom is -0.493 e. The standard InChI is InChI=1S/C21H20ClFN4O3S/c1-3-16-19(31-21(24)26-16)20(28)27-25-10-12-7-8-17(18(9-12)29-2)30-11-13-14(22)5-4-6-15(13)23/h4-10H,3,11H2,1-2H3,(H2,24,26)(H,27,28). The molecule has 0 aliphatic carbocycles. The highest BCUT2D eigenvalue weighted by Gasteiger charge is 2.15. The number of hydrogen-bond acceptors (Lipinski definition) is 7. The fourth-order valence-electron chi connectivity index (χ4n) is 2.71. The van der Waals surface area contributed by atoms with Gasteiger partial charge in [0, 0.05) is 5.56 Å². The highest BCUT2D eigenvalue weighted by molar-refractivity contribution is 7.17. The molecule has 3 rings (SSSR count). The first-order chi connectivity index (χ1) is 14.9. The Morgan fingerprint density at radius 1 is 1.35 bits per heavy atom. The Bertz CT molecular complexity index is 1100. The van der Waals surface area contributed by atoms with E-state index < -0.39 is 5.82 Å². The van der Waals surface area contributed by atoms with Crippen LogP contribution >= 0.6 is 22.9 Å². The van der Waals surface area contributed by atoms with Gasteiger partial charge in [-0.2, -0.15) is 5.10 Å². The molecule has 1 aromatic heterocycles. The summed E-state index contributed by atoms with van der Waals surface area (Å²) in [4.78, 5) is 16.8. The van der Waals surface area contributed by atoms with Gasteiger partial charge in [-0.05, 0) is 42.3 Å². The number of nitrogens with zero attached hydrogens (tertiary/aromatic N) is 2. The van der Waals surface area contributed by atoms with Crippen molar-refractivity contribution in [2.45, 2.75) is 20.0 Å². The summed E-state index contributed by atoms with van der Waals surface area (Å²) in [6.45, 7) is 1.84. The minimum atomic E-state index is -0.445. The molecule has 0 spiro atoms. The van der Waals surface area contributed by atoms with Crippen LogP contribution in [-0.4, -0.2) is 24.2 Å². The van der Waals surface area contributed by atoms with Gasteiger partial charge in [0.05, 0.1) is 24.0 Å². The maximum absolute atomic E-state index is 13.9. The largest absolute Gasteiger partial charge is 0.493 e. The van der Waals surface area contributed by atoms with Crippen molar-refractivity contribution in [1.29, 1.82) is 0 Å². The fourth-order valence-corrected chi connectivity index (χ4v) is 3.74. The summed E-state index contributed by atoms with van der Waals surface area (Å²) in [5, 5.41) is 4.60. The molecule has 2 aromatic carbocycles. The van der Waals surface area contributed by atoms with Crippen molar-refractivity contribution >= 4 is 40.2 Å². The molecule has 162 valence electrons. The number of aryl methyl sites for hydroxylation is 1. The van der Waals surface area contributed by atoms with Crippen LogP contribution in [0.2, 0.25) is 5.02 Å². The minimum absolute atomic E-state index is 0.0525. The van der Waals surface area contributed by atoms with Crippen LogP contribution in [0.1, 0.15) is 33.4 Å². The van der Waals surface area contributed by atoms with Crippen LogP contribution in [0, 0.1) is 5.82 Å². The smallest absolute Gasteiger partial charge is 0.283 e. The number of anilines is 1. The third-order valence-corrected chi connectivity index (χ3v) is 5.54. The van der Waals surface area contributed by atoms with Gasteiger partial charge < -0.3 is 15.2 Å². The molecule has 0 atom stereocenters. The summed E-state index contributed by atoms with van der Waals surface area (Å²) in [7, 11) is 1.49. The molecule has 0 aliphatic heterocycles. The molecule has 31 heavy (non-hydrogen) atoms. The van der Waals surface area contributed by atoms with Gasteiger partial charge in [-0.3, -0.25) is 4.79 Å². The Balaban J connectivity index is 1.67. The molecule has 7 nitrogen and oxygen atoms in total. The van der Waals surface area contributed by atoms with E-state index in [1.807, 2.05) is 6.92 Å². The number of nitrogen functional groups attached to an aromatic ring is 1. The van der Waals surface area contributed by atoms with Crippen LogP contribution in [0.15, 0.2) is 41.5 Å². The van der Waals surface area contributed by atoms with Crippen LogP contribution in [0.25, 0.3) is 0 Å². The zero-order chi connectivity index (χ0) is 22.4. The summed E-state index contributed by atoms with van der Waals surface area (Å²) in [6, 6.07) is 9.50. The zero-order valence-corrected chi connectivity index (χ0v) is 18.4. The molecule has 0 unspecified atom stereocenters. The lowest BCUT2D eigenvalue weighted by molar-refractivity contribution is 0.0958. The normalized spacial score (nSPS) is 11.0. The maximum Gasteiger partial charge on any atom is 0.283 e. The van der Waals surface area contributed by atoms with E-state index in [0.29, 0.717) is 39.2 Å². The van der Waals surface area contributed by atoms with E-state index in [9.17, 15) is 9.18 Å². The second kappa shape index (κ2) is 10.2. The number of rotatable bonds is 8. The van der Waals surface area contributed by atoms with Gasteiger partial charge in [-0.15, -0.1) is 0 Å². The number of hydrogen-bond donors (Lipinski definition) is 2. The van der Waals surface area contributed by atoms with Crippen LogP contribution in [0.3, 0.4) is 0 Å². The molecule has 0 fully saturated rings. The number of aromatic nitrogens is 1. The monoisotopic (exact) mass is 462 g/mol. The zero-order valence-electron chi connectivity index (χ0n) is 16.8. The molecule has 1 amide bonds. The predicted octanol–water partition coefficient (Wildman–Crippen LogP) is 4.43. The Hall–Kier alpha value is -3.17. The number of nitrogens with two attached hydrogens (primary N) is 1. The second-order valence-corrected chi connectivity index (χ2v) is 7.72. The first-order valence-corrected chi connectivity index (χ1v) is 10.4. The molecule has 0 saturated heterocycles. The molecule has 3 N–H and O–H groups in total. The van der Waals surface area contributed by atoms with Crippen molar-refractivity contribution in [2.75, 3.05) is 12.8 Å². The number of benzene rings is 2. The number of carbonyl (C=O) groups excluding carboxylic acids is 1. The van der Waals surface area contributed by atoms with Crippen LogP contribution in [-0.2, 0) is 13.0 Å². The van der Waals surface area contributed by atoms with Gasteiger partial charge in [0.1, 0.15) is 17.3 Å². The summed E-state index contributed by atoms with van der Waals surface area (Å²) in [6.07, 6.45) is 2.06. The lowest BCUT2D eigenvalue weighted by Gasteiger charge is -2.12. The number of carbonyl (C=O) groups is 1. The van der Waals surface area contributed by atoms with Crippen LogP contribution in [0.4, 0.5) is 9.52 Å². The van der Waals surface area contributed by atoms with Gasteiger partial charge in [-0.25, -0.2) is 14.8 Å². The number of thiazole rings is 1. The number of halogens is 2. The maximum atomic E-state index is 13.9. The van der Waals surface area contributed by atoms with Gasteiger partial charge in [-0.1, -0.05) is 35.9 Å². The van der Waals surface area contributed by atoms with Crippen molar-refractivity contribution in [3.63, 3.8) is 0 Å².